The normalized spacial score (nSPS) is 10.3. The summed E-state index contributed by atoms with van der Waals surface area (Å²) in [5.41, 5.74) is 5.60. The van der Waals surface area contributed by atoms with Crippen molar-refractivity contribution in [3.63, 3.8) is 0 Å². The molecule has 0 aliphatic carbocycles. The number of nitro benzene ring substituents is 1. The van der Waals surface area contributed by atoms with Gasteiger partial charge in [-0.05, 0) is 25.5 Å². The van der Waals surface area contributed by atoms with Crippen molar-refractivity contribution >= 4 is 21.6 Å². The van der Waals surface area contributed by atoms with Gasteiger partial charge in [-0.25, -0.2) is 0 Å². The van der Waals surface area contributed by atoms with Crippen LogP contribution in [0.2, 0.25) is 0 Å². The Bertz CT molecular complexity index is 382. The van der Waals surface area contributed by atoms with Gasteiger partial charge in [0.25, 0.3) is 0 Å². The first-order chi connectivity index (χ1) is 7.06. The molecule has 0 radical (unpaired) electrons. The van der Waals surface area contributed by atoms with E-state index in [1.807, 2.05) is 0 Å². The maximum Gasteiger partial charge on any atom is 0.312 e. The molecule has 0 aromatic heterocycles. The van der Waals surface area contributed by atoms with Crippen molar-refractivity contribution in [1.82, 2.24) is 0 Å². The maximum absolute atomic E-state index is 10.6. The van der Waals surface area contributed by atoms with Gasteiger partial charge in [-0.15, -0.1) is 0 Å². The molecule has 82 valence electrons. The molecule has 1 aromatic carbocycles. The minimum Gasteiger partial charge on any atom is -0.502 e. The van der Waals surface area contributed by atoms with Crippen LogP contribution in [0, 0.1) is 10.1 Å². The van der Waals surface area contributed by atoms with Crippen molar-refractivity contribution < 1.29 is 10.0 Å². The van der Waals surface area contributed by atoms with Gasteiger partial charge < -0.3 is 10.8 Å². The summed E-state index contributed by atoms with van der Waals surface area (Å²) < 4.78 is 0.582. The van der Waals surface area contributed by atoms with Crippen LogP contribution >= 0.6 is 15.9 Å². The van der Waals surface area contributed by atoms with Crippen molar-refractivity contribution in [2.45, 2.75) is 12.8 Å². The molecule has 0 saturated heterocycles. The number of benzene rings is 1. The summed E-state index contributed by atoms with van der Waals surface area (Å²) in [7, 11) is 0. The van der Waals surface area contributed by atoms with E-state index in [-0.39, 0.29) is 11.4 Å². The highest BCUT2D eigenvalue weighted by atomic mass is 79.9. The van der Waals surface area contributed by atoms with Crippen molar-refractivity contribution in [1.29, 1.82) is 0 Å². The maximum atomic E-state index is 10.6. The van der Waals surface area contributed by atoms with Gasteiger partial charge in [0.2, 0.25) is 0 Å². The molecule has 0 saturated carbocycles. The molecule has 0 bridgehead atoms. The zero-order valence-electron chi connectivity index (χ0n) is 7.94. The largest absolute Gasteiger partial charge is 0.502 e. The third kappa shape index (κ3) is 2.90. The Morgan fingerprint density at radius 1 is 1.53 bits per heavy atom. The van der Waals surface area contributed by atoms with Gasteiger partial charge in [-0.2, -0.15) is 0 Å². The summed E-state index contributed by atoms with van der Waals surface area (Å²) in [5.74, 6) is -0.267. The molecule has 0 fully saturated rings. The quantitative estimate of drug-likeness (QED) is 0.649. The molecule has 1 rings (SSSR count). The number of nitrogens with zero attached hydrogens (tertiary/aromatic N) is 1. The molecule has 0 aliphatic heterocycles. The standard InChI is InChI=1S/C9H11BrN2O3/c10-7-4-6(2-1-3-11)9(13)8(5-7)12(14)15/h4-5,13H,1-3,11H2. The van der Waals surface area contributed by atoms with E-state index in [9.17, 15) is 15.2 Å². The molecule has 0 atom stereocenters. The van der Waals surface area contributed by atoms with Crippen LogP contribution in [0.1, 0.15) is 12.0 Å². The summed E-state index contributed by atoms with van der Waals surface area (Å²) >= 11 is 3.16. The predicted octanol–water partition coefficient (Wildman–Crippen LogP) is 1.95. The molecule has 0 spiro atoms. The molecule has 6 heteroatoms. The van der Waals surface area contributed by atoms with E-state index in [1.54, 1.807) is 6.07 Å². The Hall–Kier alpha value is -1.14. The van der Waals surface area contributed by atoms with Crippen LogP contribution in [0.5, 0.6) is 5.75 Å². The van der Waals surface area contributed by atoms with Gasteiger partial charge >= 0.3 is 5.69 Å². The smallest absolute Gasteiger partial charge is 0.312 e. The highest BCUT2D eigenvalue weighted by molar-refractivity contribution is 9.10. The number of rotatable bonds is 4. The van der Waals surface area contributed by atoms with E-state index in [4.69, 9.17) is 5.73 Å². The first-order valence-corrected chi connectivity index (χ1v) is 5.21. The molecular formula is C9H11BrN2O3. The number of halogens is 1. The van der Waals surface area contributed by atoms with Gasteiger partial charge in [0.1, 0.15) is 0 Å². The van der Waals surface area contributed by atoms with Gasteiger partial charge in [-0.1, -0.05) is 15.9 Å². The molecular weight excluding hydrogens is 264 g/mol. The van der Waals surface area contributed by atoms with E-state index in [1.165, 1.54) is 6.07 Å². The molecule has 0 heterocycles. The van der Waals surface area contributed by atoms with Crippen LogP contribution in [-0.2, 0) is 6.42 Å². The Balaban J connectivity index is 3.10. The highest BCUT2D eigenvalue weighted by Crippen LogP contribution is 2.33. The van der Waals surface area contributed by atoms with E-state index in [2.05, 4.69) is 15.9 Å². The molecule has 0 amide bonds. The molecule has 3 N–H and O–H groups in total. The number of phenolic OH excluding ortho intramolecular Hbond substituents is 1. The summed E-state index contributed by atoms with van der Waals surface area (Å²) in [4.78, 5) is 9.99. The Kier molecular flexibility index (Phi) is 4.05. The van der Waals surface area contributed by atoms with E-state index in [0.717, 1.165) is 0 Å². The first kappa shape index (κ1) is 11.9. The lowest BCUT2D eigenvalue weighted by atomic mass is 10.1. The van der Waals surface area contributed by atoms with Gasteiger partial charge in [0.05, 0.1) is 4.92 Å². The lowest BCUT2D eigenvalue weighted by Crippen LogP contribution is -2.01. The molecule has 0 aliphatic rings. The Labute approximate surface area is 95.2 Å². The van der Waals surface area contributed by atoms with E-state index in [0.29, 0.717) is 29.4 Å². The Morgan fingerprint density at radius 3 is 2.73 bits per heavy atom. The minimum absolute atomic E-state index is 0.267. The van der Waals surface area contributed by atoms with Crippen LogP contribution in [-0.4, -0.2) is 16.6 Å². The van der Waals surface area contributed by atoms with Crippen LogP contribution in [0.15, 0.2) is 16.6 Å². The minimum atomic E-state index is -0.605. The number of nitro groups is 1. The fraction of sp³-hybridized carbons (Fsp3) is 0.333. The van der Waals surface area contributed by atoms with Crippen LogP contribution in [0.3, 0.4) is 0 Å². The van der Waals surface area contributed by atoms with Crippen molar-refractivity contribution in [3.8, 4) is 5.75 Å². The zero-order chi connectivity index (χ0) is 11.4. The second-order valence-corrected chi connectivity index (χ2v) is 4.00. The summed E-state index contributed by atoms with van der Waals surface area (Å²) in [5, 5.41) is 20.2. The van der Waals surface area contributed by atoms with Crippen molar-refractivity contribution in [2.75, 3.05) is 6.54 Å². The number of aryl methyl sites for hydroxylation is 1. The number of nitrogens with two attached hydrogens (primary N) is 1. The molecule has 1 aromatic rings. The second kappa shape index (κ2) is 5.09. The van der Waals surface area contributed by atoms with Crippen LogP contribution in [0.25, 0.3) is 0 Å². The highest BCUT2D eigenvalue weighted by Gasteiger charge is 2.17. The first-order valence-electron chi connectivity index (χ1n) is 4.42. The molecule has 0 unspecified atom stereocenters. The number of aromatic hydroxyl groups is 1. The number of hydrogen-bond acceptors (Lipinski definition) is 4. The second-order valence-electron chi connectivity index (χ2n) is 3.08. The zero-order valence-corrected chi connectivity index (χ0v) is 9.53. The fourth-order valence-electron chi connectivity index (χ4n) is 1.26. The number of hydrogen-bond donors (Lipinski definition) is 2. The van der Waals surface area contributed by atoms with Crippen molar-refractivity contribution in [2.24, 2.45) is 5.73 Å². The Morgan fingerprint density at radius 2 is 2.20 bits per heavy atom. The van der Waals surface area contributed by atoms with E-state index >= 15 is 0 Å². The predicted molar refractivity (Wildman–Crippen MR) is 59.8 cm³/mol. The number of phenols is 1. The monoisotopic (exact) mass is 274 g/mol. The average molecular weight is 275 g/mol. The lowest BCUT2D eigenvalue weighted by Gasteiger charge is -2.05. The van der Waals surface area contributed by atoms with Crippen molar-refractivity contribution in [3.05, 3.63) is 32.3 Å². The molecule has 5 nitrogen and oxygen atoms in total. The summed E-state index contributed by atoms with van der Waals surface area (Å²) in [6, 6.07) is 2.94. The third-order valence-electron chi connectivity index (χ3n) is 1.98. The van der Waals surface area contributed by atoms with Crippen LogP contribution in [0.4, 0.5) is 5.69 Å². The van der Waals surface area contributed by atoms with Gasteiger partial charge in [-0.3, -0.25) is 10.1 Å². The van der Waals surface area contributed by atoms with Gasteiger partial charge in [0, 0.05) is 16.1 Å². The topological polar surface area (TPSA) is 89.4 Å². The fourth-order valence-corrected chi connectivity index (χ4v) is 1.76. The summed E-state index contributed by atoms with van der Waals surface area (Å²) in [6.45, 7) is 0.486. The van der Waals surface area contributed by atoms with Gasteiger partial charge in [0.15, 0.2) is 5.75 Å². The third-order valence-corrected chi connectivity index (χ3v) is 2.44. The average Bonchev–Trinajstić information content (AvgIpc) is 2.18. The lowest BCUT2D eigenvalue weighted by molar-refractivity contribution is -0.386. The molecule has 15 heavy (non-hydrogen) atoms. The van der Waals surface area contributed by atoms with Crippen LogP contribution < -0.4 is 5.73 Å². The SMILES string of the molecule is NCCCc1cc(Br)cc([N+](=O)[O-])c1O. The summed E-state index contributed by atoms with van der Waals surface area (Å²) in [6.07, 6.45) is 1.21. The van der Waals surface area contributed by atoms with E-state index < -0.39 is 4.92 Å².